The molecule has 12 heavy (non-hydrogen) atoms. The first-order valence-corrected chi connectivity index (χ1v) is 4.13. The average Bonchev–Trinajstić information content (AvgIpc) is 1.95. The predicted molar refractivity (Wildman–Crippen MR) is 43.2 cm³/mol. The molecule has 0 bridgehead atoms. The van der Waals surface area contributed by atoms with Gasteiger partial charge in [-0.3, -0.25) is 0 Å². The molecular formula is C7H11ClF3N. The maximum absolute atomic E-state index is 12.1. The van der Waals surface area contributed by atoms with Crippen molar-refractivity contribution < 1.29 is 13.2 Å². The maximum atomic E-state index is 12.1. The van der Waals surface area contributed by atoms with Crippen LogP contribution < -0.4 is 5.32 Å². The van der Waals surface area contributed by atoms with E-state index < -0.39 is 11.9 Å². The summed E-state index contributed by atoms with van der Waals surface area (Å²) in [5, 5.41) is 2.23. The average molecular weight is 202 g/mol. The Morgan fingerprint density at radius 2 is 2.08 bits per heavy atom. The van der Waals surface area contributed by atoms with E-state index in [0.717, 1.165) is 6.08 Å². The lowest BCUT2D eigenvalue weighted by molar-refractivity contribution is -0.0968. The van der Waals surface area contributed by atoms with E-state index in [1.165, 1.54) is 0 Å². The van der Waals surface area contributed by atoms with Gasteiger partial charge in [-0.05, 0) is 13.3 Å². The Labute approximate surface area is 74.6 Å². The van der Waals surface area contributed by atoms with Crippen LogP contribution >= 0.6 is 11.6 Å². The molecule has 1 N–H and O–H groups in total. The van der Waals surface area contributed by atoms with E-state index in [9.17, 15) is 13.2 Å². The molecule has 0 aliphatic carbocycles. The molecule has 0 amide bonds. The molecule has 0 rings (SSSR count). The molecule has 0 aromatic heterocycles. The van der Waals surface area contributed by atoms with Crippen LogP contribution in [0.15, 0.2) is 11.8 Å². The van der Waals surface area contributed by atoms with Crippen molar-refractivity contribution >= 4 is 11.6 Å². The summed E-state index contributed by atoms with van der Waals surface area (Å²) in [6.45, 7) is 1.87. The summed E-state index contributed by atoms with van der Waals surface area (Å²) in [6.07, 6.45) is -3.00. The molecule has 1 nitrogen and oxygen atoms in total. The fourth-order valence-corrected chi connectivity index (χ4v) is 0.787. The lowest BCUT2D eigenvalue weighted by Crippen LogP contribution is -2.26. The Hall–Kier alpha value is -0.380. The molecule has 0 unspecified atom stereocenters. The largest absolute Gasteiger partial charge is 0.430 e. The molecule has 0 atom stereocenters. The maximum Gasteiger partial charge on any atom is 0.430 e. The lowest BCUT2D eigenvalue weighted by atomic mass is 10.3. The molecular weight excluding hydrogens is 191 g/mol. The van der Waals surface area contributed by atoms with E-state index in [2.05, 4.69) is 5.32 Å². The highest BCUT2D eigenvalue weighted by atomic mass is 35.5. The standard InChI is InChI=1S/C7H11ClF3N/c1-2-12-6(4-3-5-8)7(9,10)11/h4,12H,2-3,5H2,1H3/b6-4-. The van der Waals surface area contributed by atoms with Gasteiger partial charge < -0.3 is 5.32 Å². The number of nitrogens with one attached hydrogen (secondary N) is 1. The van der Waals surface area contributed by atoms with Crippen molar-refractivity contribution in [3.63, 3.8) is 0 Å². The second-order valence-corrected chi connectivity index (χ2v) is 2.50. The quantitative estimate of drug-likeness (QED) is 0.690. The number of hydrogen-bond donors (Lipinski definition) is 1. The first-order chi connectivity index (χ1) is 5.52. The van der Waals surface area contributed by atoms with E-state index in [1.807, 2.05) is 0 Å². The number of rotatable bonds is 4. The third-order valence-corrected chi connectivity index (χ3v) is 1.35. The van der Waals surface area contributed by atoms with E-state index >= 15 is 0 Å². The second-order valence-electron chi connectivity index (χ2n) is 2.12. The van der Waals surface area contributed by atoms with Crippen LogP contribution in [-0.2, 0) is 0 Å². The number of alkyl halides is 4. The Bertz CT molecular complexity index is 153. The van der Waals surface area contributed by atoms with Gasteiger partial charge in [-0.15, -0.1) is 11.6 Å². The minimum absolute atomic E-state index is 0.199. The monoisotopic (exact) mass is 201 g/mol. The van der Waals surface area contributed by atoms with Gasteiger partial charge in [0.15, 0.2) is 0 Å². The molecule has 0 saturated carbocycles. The predicted octanol–water partition coefficient (Wildman–Crippen LogP) is 2.67. The Morgan fingerprint density at radius 1 is 1.50 bits per heavy atom. The van der Waals surface area contributed by atoms with Crippen LogP contribution in [0, 0.1) is 0 Å². The van der Waals surface area contributed by atoms with Crippen molar-refractivity contribution in [2.45, 2.75) is 19.5 Å². The Kier molecular flexibility index (Phi) is 5.13. The van der Waals surface area contributed by atoms with Gasteiger partial charge in [0, 0.05) is 12.4 Å². The zero-order valence-corrected chi connectivity index (χ0v) is 7.47. The summed E-state index contributed by atoms with van der Waals surface area (Å²) in [7, 11) is 0. The molecule has 0 aliphatic rings. The highest BCUT2D eigenvalue weighted by Crippen LogP contribution is 2.23. The van der Waals surface area contributed by atoms with Gasteiger partial charge in [0.25, 0.3) is 0 Å². The summed E-state index contributed by atoms with van der Waals surface area (Å²) in [4.78, 5) is 0. The van der Waals surface area contributed by atoms with Crippen molar-refractivity contribution in [1.82, 2.24) is 5.32 Å². The van der Waals surface area contributed by atoms with E-state index in [4.69, 9.17) is 11.6 Å². The minimum atomic E-state index is -4.29. The summed E-state index contributed by atoms with van der Waals surface area (Å²) in [5.41, 5.74) is -0.703. The molecule has 0 fully saturated rings. The highest BCUT2D eigenvalue weighted by Gasteiger charge is 2.32. The minimum Gasteiger partial charge on any atom is -0.382 e. The van der Waals surface area contributed by atoms with E-state index in [-0.39, 0.29) is 18.8 Å². The van der Waals surface area contributed by atoms with Gasteiger partial charge in [0.2, 0.25) is 0 Å². The SMILES string of the molecule is CCN/C(=C\CCCl)C(F)(F)F. The van der Waals surface area contributed by atoms with Crippen LogP contribution in [0.4, 0.5) is 13.2 Å². The normalized spacial score (nSPS) is 13.2. The van der Waals surface area contributed by atoms with Crippen molar-refractivity contribution in [1.29, 1.82) is 0 Å². The van der Waals surface area contributed by atoms with Crippen molar-refractivity contribution in [3.8, 4) is 0 Å². The van der Waals surface area contributed by atoms with Gasteiger partial charge >= 0.3 is 6.18 Å². The highest BCUT2D eigenvalue weighted by molar-refractivity contribution is 6.17. The molecule has 5 heteroatoms. The number of halogens is 4. The summed E-state index contributed by atoms with van der Waals surface area (Å²) in [6, 6.07) is 0. The fraction of sp³-hybridized carbons (Fsp3) is 0.714. The van der Waals surface area contributed by atoms with E-state index in [0.29, 0.717) is 0 Å². The Balaban J connectivity index is 4.22. The van der Waals surface area contributed by atoms with Crippen LogP contribution in [0.2, 0.25) is 0 Å². The summed E-state index contributed by atoms with van der Waals surface area (Å²) < 4.78 is 36.2. The third kappa shape index (κ3) is 4.49. The zero-order chi connectivity index (χ0) is 9.61. The van der Waals surface area contributed by atoms with Crippen molar-refractivity contribution in [3.05, 3.63) is 11.8 Å². The lowest BCUT2D eigenvalue weighted by Gasteiger charge is -2.12. The summed E-state index contributed by atoms with van der Waals surface area (Å²) in [5.74, 6) is 0.199. The molecule has 0 spiro atoms. The molecule has 0 aliphatic heterocycles. The van der Waals surface area contributed by atoms with Gasteiger partial charge in [-0.2, -0.15) is 13.2 Å². The van der Waals surface area contributed by atoms with Crippen LogP contribution in [-0.4, -0.2) is 18.6 Å². The van der Waals surface area contributed by atoms with Crippen LogP contribution in [0.3, 0.4) is 0 Å². The third-order valence-electron chi connectivity index (χ3n) is 1.13. The molecule has 72 valence electrons. The van der Waals surface area contributed by atoms with Gasteiger partial charge in [0.05, 0.1) is 0 Å². The Morgan fingerprint density at radius 3 is 2.42 bits per heavy atom. The second kappa shape index (κ2) is 5.30. The molecule has 0 heterocycles. The topological polar surface area (TPSA) is 12.0 Å². The van der Waals surface area contributed by atoms with E-state index in [1.54, 1.807) is 6.92 Å². The van der Waals surface area contributed by atoms with Gasteiger partial charge in [-0.1, -0.05) is 6.08 Å². The first-order valence-electron chi connectivity index (χ1n) is 3.59. The van der Waals surface area contributed by atoms with Crippen molar-refractivity contribution in [2.75, 3.05) is 12.4 Å². The van der Waals surface area contributed by atoms with Gasteiger partial charge in [0.1, 0.15) is 5.70 Å². The van der Waals surface area contributed by atoms with Crippen LogP contribution in [0.5, 0.6) is 0 Å². The van der Waals surface area contributed by atoms with Crippen molar-refractivity contribution in [2.24, 2.45) is 0 Å². The number of allylic oxidation sites excluding steroid dienone is 2. The number of hydrogen-bond acceptors (Lipinski definition) is 1. The van der Waals surface area contributed by atoms with Crippen LogP contribution in [0.25, 0.3) is 0 Å². The summed E-state index contributed by atoms with van der Waals surface area (Å²) >= 11 is 5.26. The molecule has 0 saturated heterocycles. The molecule has 0 aromatic carbocycles. The van der Waals surface area contributed by atoms with Gasteiger partial charge in [-0.25, -0.2) is 0 Å². The van der Waals surface area contributed by atoms with Crippen LogP contribution in [0.1, 0.15) is 13.3 Å². The first kappa shape index (κ1) is 11.6. The molecule has 0 aromatic rings. The molecule has 0 radical (unpaired) electrons. The zero-order valence-electron chi connectivity index (χ0n) is 6.71. The smallest absolute Gasteiger partial charge is 0.382 e. The fourth-order valence-electron chi connectivity index (χ4n) is 0.677.